The Kier molecular flexibility index (Phi) is 4.15. The predicted molar refractivity (Wildman–Crippen MR) is 93.7 cm³/mol. The lowest BCUT2D eigenvalue weighted by Crippen LogP contribution is -2.36. The number of nitrogens with zero attached hydrogens (tertiary/aromatic N) is 2. The molecule has 4 rings (SSSR count). The zero-order chi connectivity index (χ0) is 18.5. The molecule has 136 valence electrons. The smallest absolute Gasteiger partial charge is 0.361 e. The summed E-state index contributed by atoms with van der Waals surface area (Å²) in [7, 11) is 0. The number of fused-ring (bicyclic) bond motifs is 2. The minimum atomic E-state index is -4.67. The van der Waals surface area contributed by atoms with Crippen LogP contribution in [-0.2, 0) is 25.7 Å². The fourth-order valence-electron chi connectivity index (χ4n) is 3.29. The van der Waals surface area contributed by atoms with Crippen LogP contribution in [0.2, 0.25) is 0 Å². The number of H-pyrrole nitrogens is 2. The molecule has 0 fully saturated rings. The van der Waals surface area contributed by atoms with Crippen LogP contribution in [0.1, 0.15) is 22.6 Å². The molecule has 26 heavy (non-hydrogen) atoms. The van der Waals surface area contributed by atoms with Crippen LogP contribution >= 0.6 is 15.9 Å². The molecule has 0 saturated carbocycles. The molecule has 0 saturated heterocycles. The van der Waals surface area contributed by atoms with Crippen LogP contribution in [-0.4, -0.2) is 26.4 Å². The molecule has 0 amide bonds. The van der Waals surface area contributed by atoms with Crippen LogP contribution < -0.4 is 5.56 Å². The van der Waals surface area contributed by atoms with Crippen LogP contribution in [0.3, 0.4) is 0 Å². The van der Waals surface area contributed by atoms with E-state index >= 15 is 0 Å². The average molecular weight is 427 g/mol. The molecule has 5 nitrogen and oxygen atoms in total. The van der Waals surface area contributed by atoms with E-state index in [1.165, 1.54) is 0 Å². The van der Waals surface area contributed by atoms with Crippen LogP contribution in [0.15, 0.2) is 33.7 Å². The zero-order valence-electron chi connectivity index (χ0n) is 13.5. The summed E-state index contributed by atoms with van der Waals surface area (Å²) in [5.41, 5.74) is 1.89. The van der Waals surface area contributed by atoms with Gasteiger partial charge in [-0.15, -0.1) is 0 Å². The van der Waals surface area contributed by atoms with Crippen molar-refractivity contribution >= 4 is 26.8 Å². The zero-order valence-corrected chi connectivity index (χ0v) is 15.0. The highest BCUT2D eigenvalue weighted by Crippen LogP contribution is 2.28. The van der Waals surface area contributed by atoms with Crippen molar-refractivity contribution in [3.8, 4) is 0 Å². The van der Waals surface area contributed by atoms with Gasteiger partial charge in [-0.2, -0.15) is 13.2 Å². The SMILES string of the molecule is O=c1[nH]c(C(F)(F)F)nc2c1CCN(Cc1c[nH]c3cc(Br)ccc13)C2. The van der Waals surface area contributed by atoms with Gasteiger partial charge in [-0.1, -0.05) is 22.0 Å². The number of hydrogen-bond donors (Lipinski definition) is 2. The summed E-state index contributed by atoms with van der Waals surface area (Å²) >= 11 is 3.42. The Hall–Kier alpha value is -2.13. The number of aromatic nitrogens is 3. The predicted octanol–water partition coefficient (Wildman–Crippen LogP) is 3.59. The van der Waals surface area contributed by atoms with Crippen LogP contribution in [0.5, 0.6) is 0 Å². The molecule has 1 aromatic carbocycles. The standard InChI is InChI=1S/C17H14BrF3N4O/c18-10-1-2-11-9(6-22-13(11)5-10)7-25-4-3-12-14(8-25)23-16(17(19,20)21)24-15(12)26/h1-2,5-6,22H,3-4,7-8H2,(H,23,24,26). The van der Waals surface area contributed by atoms with E-state index in [4.69, 9.17) is 0 Å². The van der Waals surface area contributed by atoms with Crippen LogP contribution in [0.4, 0.5) is 13.2 Å². The Labute approximate surface area is 154 Å². The Morgan fingerprint density at radius 3 is 2.88 bits per heavy atom. The largest absolute Gasteiger partial charge is 0.449 e. The first kappa shape index (κ1) is 17.3. The quantitative estimate of drug-likeness (QED) is 0.657. The number of halogens is 4. The van der Waals surface area contributed by atoms with Crippen molar-refractivity contribution in [3.05, 3.63) is 61.9 Å². The number of rotatable bonds is 2. The highest BCUT2D eigenvalue weighted by Gasteiger charge is 2.36. The van der Waals surface area contributed by atoms with Crippen molar-refractivity contribution < 1.29 is 13.2 Å². The maximum atomic E-state index is 12.9. The lowest BCUT2D eigenvalue weighted by molar-refractivity contribution is -0.145. The molecule has 2 N–H and O–H groups in total. The van der Waals surface area contributed by atoms with E-state index in [9.17, 15) is 18.0 Å². The lowest BCUT2D eigenvalue weighted by Gasteiger charge is -2.27. The van der Waals surface area contributed by atoms with Gasteiger partial charge in [0.05, 0.1) is 5.69 Å². The van der Waals surface area contributed by atoms with E-state index in [2.05, 4.69) is 25.9 Å². The van der Waals surface area contributed by atoms with E-state index in [0.717, 1.165) is 20.9 Å². The highest BCUT2D eigenvalue weighted by molar-refractivity contribution is 9.10. The fraction of sp³-hybridized carbons (Fsp3) is 0.294. The third-order valence-electron chi connectivity index (χ3n) is 4.54. The molecule has 1 aliphatic heterocycles. The molecule has 3 heterocycles. The summed E-state index contributed by atoms with van der Waals surface area (Å²) in [6.45, 7) is 1.37. The number of nitrogens with one attached hydrogen (secondary N) is 2. The second-order valence-electron chi connectivity index (χ2n) is 6.30. The molecule has 3 aromatic rings. The minimum absolute atomic E-state index is 0.204. The van der Waals surface area contributed by atoms with Gasteiger partial charge in [0.15, 0.2) is 0 Å². The summed E-state index contributed by atoms with van der Waals surface area (Å²) in [5, 5.41) is 1.06. The van der Waals surface area contributed by atoms with E-state index in [1.54, 1.807) is 0 Å². The van der Waals surface area contributed by atoms with Gasteiger partial charge in [-0.05, 0) is 24.1 Å². The molecule has 0 bridgehead atoms. The molecular formula is C17H14BrF3N4O. The van der Waals surface area contributed by atoms with Crippen molar-refractivity contribution in [2.24, 2.45) is 0 Å². The summed E-state index contributed by atoms with van der Waals surface area (Å²) in [5.74, 6) is -1.24. The van der Waals surface area contributed by atoms with E-state index in [1.807, 2.05) is 34.3 Å². The van der Waals surface area contributed by atoms with Gasteiger partial charge < -0.3 is 9.97 Å². The van der Waals surface area contributed by atoms with E-state index in [0.29, 0.717) is 25.1 Å². The number of benzene rings is 1. The van der Waals surface area contributed by atoms with Crippen LogP contribution in [0.25, 0.3) is 10.9 Å². The molecule has 0 spiro atoms. The van der Waals surface area contributed by atoms with Crippen molar-refractivity contribution in [1.29, 1.82) is 0 Å². The van der Waals surface area contributed by atoms with Gasteiger partial charge in [-0.25, -0.2) is 4.98 Å². The second kappa shape index (κ2) is 6.24. The van der Waals surface area contributed by atoms with Crippen LogP contribution in [0, 0.1) is 0 Å². The lowest BCUT2D eigenvalue weighted by atomic mass is 10.1. The maximum Gasteiger partial charge on any atom is 0.449 e. The van der Waals surface area contributed by atoms with Crippen molar-refractivity contribution in [2.45, 2.75) is 25.7 Å². The molecule has 2 aromatic heterocycles. The van der Waals surface area contributed by atoms with Gasteiger partial charge in [0.1, 0.15) is 0 Å². The van der Waals surface area contributed by atoms with Crippen molar-refractivity contribution in [1.82, 2.24) is 19.9 Å². The summed E-state index contributed by atoms with van der Waals surface area (Å²) in [6, 6.07) is 5.91. The average Bonchev–Trinajstić information content (AvgIpc) is 2.95. The van der Waals surface area contributed by atoms with E-state index < -0.39 is 17.6 Å². The van der Waals surface area contributed by atoms with Gasteiger partial charge in [0, 0.05) is 46.8 Å². The molecule has 9 heteroatoms. The van der Waals surface area contributed by atoms with Crippen molar-refractivity contribution in [3.63, 3.8) is 0 Å². The molecule has 0 atom stereocenters. The van der Waals surface area contributed by atoms with Crippen molar-refractivity contribution in [2.75, 3.05) is 6.54 Å². The maximum absolute atomic E-state index is 12.9. The Balaban J connectivity index is 1.62. The van der Waals surface area contributed by atoms with Gasteiger partial charge in [0.2, 0.25) is 5.82 Å². The molecule has 0 radical (unpaired) electrons. The molecular weight excluding hydrogens is 413 g/mol. The third kappa shape index (κ3) is 3.16. The monoisotopic (exact) mass is 426 g/mol. The first-order valence-corrected chi connectivity index (χ1v) is 8.77. The molecule has 1 aliphatic rings. The van der Waals surface area contributed by atoms with Gasteiger partial charge in [0.25, 0.3) is 5.56 Å². The topological polar surface area (TPSA) is 64.8 Å². The second-order valence-corrected chi connectivity index (χ2v) is 7.22. The molecule has 0 unspecified atom stereocenters. The first-order valence-electron chi connectivity index (χ1n) is 7.98. The number of hydrogen-bond acceptors (Lipinski definition) is 3. The normalized spacial score (nSPS) is 15.4. The third-order valence-corrected chi connectivity index (χ3v) is 5.04. The molecule has 0 aliphatic carbocycles. The summed E-state index contributed by atoms with van der Waals surface area (Å²) in [4.78, 5) is 22.6. The fourth-order valence-corrected chi connectivity index (χ4v) is 3.65. The minimum Gasteiger partial charge on any atom is -0.361 e. The highest BCUT2D eigenvalue weighted by atomic mass is 79.9. The summed E-state index contributed by atoms with van der Waals surface area (Å²) in [6.07, 6.45) is -2.39. The van der Waals surface area contributed by atoms with E-state index in [-0.39, 0.29) is 12.2 Å². The summed E-state index contributed by atoms with van der Waals surface area (Å²) < 4.78 is 39.6. The first-order chi connectivity index (χ1) is 12.3. The van der Waals surface area contributed by atoms with Gasteiger partial charge >= 0.3 is 6.18 Å². The Bertz CT molecular complexity index is 1040. The van der Waals surface area contributed by atoms with Gasteiger partial charge in [-0.3, -0.25) is 9.69 Å². The Morgan fingerprint density at radius 2 is 2.12 bits per heavy atom. The number of alkyl halides is 3. The Morgan fingerprint density at radius 1 is 1.31 bits per heavy atom. The number of aromatic amines is 2.